The smallest absolute Gasteiger partial charge is 0.0373 e. The molecule has 104 valence electrons. The van der Waals surface area contributed by atoms with Crippen molar-refractivity contribution in [3.8, 4) is 0 Å². The number of anilines is 1. The highest BCUT2D eigenvalue weighted by atomic mass is 15.1. The van der Waals surface area contributed by atoms with E-state index in [9.17, 15) is 0 Å². The van der Waals surface area contributed by atoms with E-state index in [1.807, 2.05) is 0 Å². The topological polar surface area (TPSA) is 15.3 Å². The fourth-order valence-electron chi connectivity index (χ4n) is 3.35. The number of hydrogen-bond donors (Lipinski definition) is 1. The number of nitrogens with one attached hydrogen (secondary N) is 1. The first-order chi connectivity index (χ1) is 9.12. The van der Waals surface area contributed by atoms with E-state index in [0.29, 0.717) is 5.41 Å². The molecule has 0 bridgehead atoms. The van der Waals surface area contributed by atoms with Gasteiger partial charge in [0.05, 0.1) is 0 Å². The van der Waals surface area contributed by atoms with Crippen molar-refractivity contribution in [1.29, 1.82) is 0 Å². The Morgan fingerprint density at radius 3 is 3.00 bits per heavy atom. The van der Waals surface area contributed by atoms with Crippen molar-refractivity contribution >= 4 is 5.69 Å². The van der Waals surface area contributed by atoms with Gasteiger partial charge in [-0.05, 0) is 61.4 Å². The van der Waals surface area contributed by atoms with E-state index >= 15 is 0 Å². The molecule has 3 rings (SSSR count). The normalized spacial score (nSPS) is 22.6. The van der Waals surface area contributed by atoms with Gasteiger partial charge in [0.1, 0.15) is 0 Å². The molecule has 1 saturated heterocycles. The number of nitrogens with zero attached hydrogens (tertiary/aromatic N) is 1. The Hall–Kier alpha value is -1.02. The highest BCUT2D eigenvalue weighted by Crippen LogP contribution is 2.30. The van der Waals surface area contributed by atoms with Gasteiger partial charge in [-0.15, -0.1) is 0 Å². The largest absolute Gasteiger partial charge is 0.384 e. The predicted octanol–water partition coefficient (Wildman–Crippen LogP) is 3.67. The Kier molecular flexibility index (Phi) is 3.53. The zero-order valence-electron chi connectivity index (χ0n) is 12.3. The molecule has 0 aliphatic carbocycles. The third kappa shape index (κ3) is 3.11. The lowest BCUT2D eigenvalue weighted by atomic mass is 9.85. The quantitative estimate of drug-likeness (QED) is 0.871. The van der Waals surface area contributed by atoms with Crippen LogP contribution in [0.4, 0.5) is 5.69 Å². The highest BCUT2D eigenvalue weighted by molar-refractivity contribution is 5.56. The maximum absolute atomic E-state index is 3.44. The summed E-state index contributed by atoms with van der Waals surface area (Å²) >= 11 is 0. The van der Waals surface area contributed by atoms with E-state index < -0.39 is 0 Å². The van der Waals surface area contributed by atoms with Crippen molar-refractivity contribution in [1.82, 2.24) is 4.90 Å². The van der Waals surface area contributed by atoms with Gasteiger partial charge in [-0.3, -0.25) is 4.90 Å². The van der Waals surface area contributed by atoms with Gasteiger partial charge in [-0.2, -0.15) is 0 Å². The van der Waals surface area contributed by atoms with Crippen LogP contribution >= 0.6 is 0 Å². The van der Waals surface area contributed by atoms with Crippen molar-refractivity contribution in [2.24, 2.45) is 5.41 Å². The van der Waals surface area contributed by atoms with Crippen molar-refractivity contribution in [2.45, 2.75) is 46.1 Å². The van der Waals surface area contributed by atoms with Gasteiger partial charge in [0.15, 0.2) is 0 Å². The molecule has 1 aromatic carbocycles. The highest BCUT2D eigenvalue weighted by Gasteiger charge is 2.23. The van der Waals surface area contributed by atoms with Crippen LogP contribution < -0.4 is 5.32 Å². The average Bonchev–Trinajstić information content (AvgIpc) is 2.76. The summed E-state index contributed by atoms with van der Waals surface area (Å²) in [7, 11) is 0. The van der Waals surface area contributed by atoms with E-state index in [1.54, 1.807) is 0 Å². The van der Waals surface area contributed by atoms with E-state index in [-0.39, 0.29) is 0 Å². The molecule has 0 radical (unpaired) electrons. The van der Waals surface area contributed by atoms with Crippen LogP contribution in [-0.4, -0.2) is 24.5 Å². The molecule has 0 unspecified atom stereocenters. The Balaban J connectivity index is 1.65. The minimum absolute atomic E-state index is 0.538. The van der Waals surface area contributed by atoms with Crippen LogP contribution in [0.15, 0.2) is 18.2 Å². The number of fused-ring (bicyclic) bond motifs is 1. The standard InChI is InChI=1S/C17H26N2/c1-17(2)7-3-10-19(11-8-17)13-14-4-5-16-15(12-14)6-9-18-16/h4-5,12,18H,3,6-11,13H2,1-2H3. The zero-order valence-corrected chi connectivity index (χ0v) is 12.3. The second-order valence-electron chi connectivity index (χ2n) is 6.96. The maximum Gasteiger partial charge on any atom is 0.0373 e. The van der Waals surface area contributed by atoms with E-state index in [1.165, 1.54) is 55.6 Å². The lowest BCUT2D eigenvalue weighted by Gasteiger charge is -2.23. The molecule has 1 N–H and O–H groups in total. The summed E-state index contributed by atoms with van der Waals surface area (Å²) in [5.74, 6) is 0. The average molecular weight is 258 g/mol. The molecule has 0 spiro atoms. The molecule has 2 heterocycles. The molecule has 2 aliphatic rings. The first-order valence-corrected chi connectivity index (χ1v) is 7.70. The first-order valence-electron chi connectivity index (χ1n) is 7.70. The predicted molar refractivity (Wildman–Crippen MR) is 81.5 cm³/mol. The summed E-state index contributed by atoms with van der Waals surface area (Å²) in [4.78, 5) is 2.64. The van der Waals surface area contributed by atoms with Gasteiger partial charge in [-0.25, -0.2) is 0 Å². The third-order valence-corrected chi connectivity index (χ3v) is 4.72. The first kappa shape index (κ1) is 13.0. The summed E-state index contributed by atoms with van der Waals surface area (Å²) in [5.41, 5.74) is 4.88. The van der Waals surface area contributed by atoms with Crippen LogP contribution in [0, 0.1) is 5.41 Å². The Bertz CT molecular complexity index is 451. The Morgan fingerprint density at radius 1 is 1.21 bits per heavy atom. The maximum atomic E-state index is 3.44. The van der Waals surface area contributed by atoms with Crippen LogP contribution in [0.5, 0.6) is 0 Å². The number of hydrogen-bond acceptors (Lipinski definition) is 2. The lowest BCUT2D eigenvalue weighted by Crippen LogP contribution is -2.25. The second kappa shape index (κ2) is 5.16. The lowest BCUT2D eigenvalue weighted by molar-refractivity contribution is 0.256. The summed E-state index contributed by atoms with van der Waals surface area (Å²) in [6.45, 7) is 9.58. The van der Waals surface area contributed by atoms with Crippen LogP contribution in [0.3, 0.4) is 0 Å². The van der Waals surface area contributed by atoms with Crippen molar-refractivity contribution in [3.63, 3.8) is 0 Å². The SMILES string of the molecule is CC1(C)CCCN(Cc2ccc3c(c2)CCN3)CC1. The molecule has 1 fully saturated rings. The molecule has 2 nitrogen and oxygen atoms in total. The summed E-state index contributed by atoms with van der Waals surface area (Å²) in [6.07, 6.45) is 5.24. The van der Waals surface area contributed by atoms with Gasteiger partial charge < -0.3 is 5.32 Å². The minimum Gasteiger partial charge on any atom is -0.384 e. The molecule has 2 heteroatoms. The fraction of sp³-hybridized carbons (Fsp3) is 0.647. The number of benzene rings is 1. The summed E-state index contributed by atoms with van der Waals surface area (Å²) < 4.78 is 0. The van der Waals surface area contributed by atoms with Crippen molar-refractivity contribution in [2.75, 3.05) is 25.0 Å². The number of likely N-dealkylation sites (tertiary alicyclic amines) is 1. The van der Waals surface area contributed by atoms with Crippen LogP contribution in [0.25, 0.3) is 0 Å². The van der Waals surface area contributed by atoms with Gasteiger partial charge in [-0.1, -0.05) is 26.0 Å². The molecule has 0 atom stereocenters. The second-order valence-corrected chi connectivity index (χ2v) is 6.96. The molecule has 0 aromatic heterocycles. The van der Waals surface area contributed by atoms with Gasteiger partial charge >= 0.3 is 0 Å². The molecule has 0 amide bonds. The molecule has 2 aliphatic heterocycles. The van der Waals surface area contributed by atoms with Crippen LogP contribution in [0.1, 0.15) is 44.2 Å². The van der Waals surface area contributed by atoms with Gasteiger partial charge in [0.2, 0.25) is 0 Å². The van der Waals surface area contributed by atoms with Crippen LogP contribution in [-0.2, 0) is 13.0 Å². The molecule has 1 aromatic rings. The molecular weight excluding hydrogens is 232 g/mol. The van der Waals surface area contributed by atoms with Gasteiger partial charge in [0, 0.05) is 18.8 Å². The summed E-state index contributed by atoms with van der Waals surface area (Å²) in [6, 6.07) is 6.97. The molecule has 19 heavy (non-hydrogen) atoms. The third-order valence-electron chi connectivity index (χ3n) is 4.72. The van der Waals surface area contributed by atoms with Gasteiger partial charge in [0.25, 0.3) is 0 Å². The summed E-state index contributed by atoms with van der Waals surface area (Å²) in [5, 5.41) is 3.44. The monoisotopic (exact) mass is 258 g/mol. The van der Waals surface area contributed by atoms with E-state index in [4.69, 9.17) is 0 Å². The van der Waals surface area contributed by atoms with Crippen molar-refractivity contribution in [3.05, 3.63) is 29.3 Å². The van der Waals surface area contributed by atoms with Crippen molar-refractivity contribution < 1.29 is 0 Å². The zero-order chi connectivity index (χ0) is 13.3. The Labute approximate surface area is 117 Å². The van der Waals surface area contributed by atoms with E-state index in [0.717, 1.165) is 13.1 Å². The molecular formula is C17H26N2. The number of rotatable bonds is 2. The fourth-order valence-corrected chi connectivity index (χ4v) is 3.35. The van der Waals surface area contributed by atoms with Crippen LogP contribution in [0.2, 0.25) is 0 Å². The van der Waals surface area contributed by atoms with E-state index in [2.05, 4.69) is 42.3 Å². The Morgan fingerprint density at radius 2 is 2.11 bits per heavy atom. The molecule has 0 saturated carbocycles. The minimum atomic E-state index is 0.538.